The predicted octanol–water partition coefficient (Wildman–Crippen LogP) is 2.24. The summed E-state index contributed by atoms with van der Waals surface area (Å²) in [6, 6.07) is 7.46. The highest BCUT2D eigenvalue weighted by molar-refractivity contribution is 7.91. The summed E-state index contributed by atoms with van der Waals surface area (Å²) in [7, 11) is -2.89. The maximum atomic E-state index is 11.4. The SMILES string of the molecule is O=S1(=O)CCC(Oc2nnc(Cl)c3ccccc23)CC1. The van der Waals surface area contributed by atoms with Crippen LogP contribution < -0.4 is 4.74 Å². The third-order valence-corrected chi connectivity index (χ3v) is 5.38. The Bertz CT molecular complexity index is 734. The van der Waals surface area contributed by atoms with Crippen LogP contribution in [0.15, 0.2) is 24.3 Å². The molecule has 0 spiro atoms. The molecule has 5 nitrogen and oxygen atoms in total. The first-order valence-corrected chi connectivity index (χ1v) is 8.53. The fourth-order valence-electron chi connectivity index (χ4n) is 2.28. The summed E-state index contributed by atoms with van der Waals surface area (Å²) in [5.74, 6) is 0.738. The summed E-state index contributed by atoms with van der Waals surface area (Å²) in [4.78, 5) is 0. The van der Waals surface area contributed by atoms with E-state index in [1.165, 1.54) is 0 Å². The second-order valence-corrected chi connectivity index (χ2v) is 7.47. The van der Waals surface area contributed by atoms with Crippen LogP contribution in [0.5, 0.6) is 5.88 Å². The fraction of sp³-hybridized carbons (Fsp3) is 0.385. The average Bonchev–Trinajstić information content (AvgIpc) is 2.44. The van der Waals surface area contributed by atoms with Crippen LogP contribution >= 0.6 is 11.6 Å². The molecule has 0 radical (unpaired) electrons. The largest absolute Gasteiger partial charge is 0.473 e. The van der Waals surface area contributed by atoms with Crippen molar-refractivity contribution in [3.8, 4) is 5.88 Å². The minimum absolute atomic E-state index is 0.141. The van der Waals surface area contributed by atoms with Crippen molar-refractivity contribution in [1.29, 1.82) is 0 Å². The number of hydrogen-bond acceptors (Lipinski definition) is 5. The predicted molar refractivity (Wildman–Crippen MR) is 76.9 cm³/mol. The number of halogens is 1. The van der Waals surface area contributed by atoms with Gasteiger partial charge in [0.05, 0.1) is 11.5 Å². The van der Waals surface area contributed by atoms with Crippen molar-refractivity contribution >= 4 is 32.2 Å². The van der Waals surface area contributed by atoms with Crippen molar-refractivity contribution in [3.63, 3.8) is 0 Å². The lowest BCUT2D eigenvalue weighted by Crippen LogP contribution is -2.31. The summed E-state index contributed by atoms with van der Waals surface area (Å²) in [6.07, 6.45) is 0.833. The van der Waals surface area contributed by atoms with Gasteiger partial charge >= 0.3 is 0 Å². The van der Waals surface area contributed by atoms with Crippen molar-refractivity contribution in [2.24, 2.45) is 0 Å². The van der Waals surface area contributed by atoms with Gasteiger partial charge in [-0.05, 0) is 18.9 Å². The summed E-state index contributed by atoms with van der Waals surface area (Å²) in [5.41, 5.74) is 0. The van der Waals surface area contributed by atoms with Gasteiger partial charge in [-0.25, -0.2) is 8.42 Å². The summed E-state index contributed by atoms with van der Waals surface area (Å²) < 4.78 is 28.6. The van der Waals surface area contributed by atoms with Crippen LogP contribution in [0.25, 0.3) is 10.8 Å². The summed E-state index contributed by atoms with van der Waals surface area (Å²) >= 11 is 6.00. The van der Waals surface area contributed by atoms with Crippen molar-refractivity contribution < 1.29 is 13.2 Å². The molecule has 20 heavy (non-hydrogen) atoms. The van der Waals surface area contributed by atoms with Gasteiger partial charge in [0.1, 0.15) is 6.10 Å². The molecule has 1 aliphatic heterocycles. The lowest BCUT2D eigenvalue weighted by molar-refractivity contribution is 0.183. The first-order chi connectivity index (χ1) is 9.55. The molecule has 2 heterocycles. The Morgan fingerprint density at radius 2 is 1.75 bits per heavy atom. The molecule has 0 atom stereocenters. The topological polar surface area (TPSA) is 69.2 Å². The van der Waals surface area contributed by atoms with Gasteiger partial charge in [0.15, 0.2) is 15.0 Å². The molecule has 7 heteroatoms. The van der Waals surface area contributed by atoms with Gasteiger partial charge in [-0.2, -0.15) is 0 Å². The van der Waals surface area contributed by atoms with Gasteiger partial charge in [-0.1, -0.05) is 29.8 Å². The van der Waals surface area contributed by atoms with Crippen LogP contribution in [0, 0.1) is 0 Å². The Morgan fingerprint density at radius 3 is 2.45 bits per heavy atom. The molecule has 0 unspecified atom stereocenters. The van der Waals surface area contributed by atoms with E-state index in [1.54, 1.807) is 0 Å². The number of benzene rings is 1. The van der Waals surface area contributed by atoms with Gasteiger partial charge in [0, 0.05) is 10.8 Å². The highest BCUT2D eigenvalue weighted by Gasteiger charge is 2.25. The Balaban J connectivity index is 1.87. The molecule has 1 aliphatic rings. The number of nitrogens with zero attached hydrogens (tertiary/aromatic N) is 2. The molecular weight excluding hydrogens is 300 g/mol. The van der Waals surface area contributed by atoms with Gasteiger partial charge in [-0.3, -0.25) is 0 Å². The highest BCUT2D eigenvalue weighted by Crippen LogP contribution is 2.29. The number of hydrogen-bond donors (Lipinski definition) is 0. The van der Waals surface area contributed by atoms with Gasteiger partial charge in [-0.15, -0.1) is 10.2 Å². The number of sulfone groups is 1. The standard InChI is InChI=1S/C13H13ClN2O3S/c14-12-10-3-1-2-4-11(10)13(16-15-12)19-9-5-7-20(17,18)8-6-9/h1-4,9H,5-8H2. The van der Waals surface area contributed by atoms with Crippen LogP contribution in [0.1, 0.15) is 12.8 Å². The second kappa shape index (κ2) is 5.18. The van der Waals surface area contributed by atoms with Crippen molar-refractivity contribution in [3.05, 3.63) is 29.4 Å². The maximum absolute atomic E-state index is 11.4. The molecule has 0 N–H and O–H groups in total. The second-order valence-electron chi connectivity index (χ2n) is 4.81. The Hall–Kier alpha value is -1.40. The molecule has 0 saturated carbocycles. The zero-order valence-corrected chi connectivity index (χ0v) is 12.2. The van der Waals surface area contributed by atoms with E-state index < -0.39 is 9.84 Å². The average molecular weight is 313 g/mol. The molecular formula is C13H13ClN2O3S. The number of ether oxygens (including phenoxy) is 1. The van der Waals surface area contributed by atoms with E-state index in [1.807, 2.05) is 24.3 Å². The summed E-state index contributed by atoms with van der Waals surface area (Å²) in [6.45, 7) is 0. The van der Waals surface area contributed by atoms with Crippen LogP contribution in [0.2, 0.25) is 5.15 Å². The van der Waals surface area contributed by atoms with E-state index in [2.05, 4.69) is 10.2 Å². The molecule has 1 saturated heterocycles. The molecule has 1 fully saturated rings. The Morgan fingerprint density at radius 1 is 1.10 bits per heavy atom. The highest BCUT2D eigenvalue weighted by atomic mass is 35.5. The fourth-order valence-corrected chi connectivity index (χ4v) is 3.93. The van der Waals surface area contributed by atoms with Gasteiger partial charge < -0.3 is 4.74 Å². The zero-order valence-electron chi connectivity index (χ0n) is 10.6. The van der Waals surface area contributed by atoms with Crippen molar-refractivity contribution in [2.75, 3.05) is 11.5 Å². The molecule has 0 amide bonds. The zero-order chi connectivity index (χ0) is 14.2. The quantitative estimate of drug-likeness (QED) is 0.850. The first-order valence-electron chi connectivity index (χ1n) is 6.33. The van der Waals surface area contributed by atoms with Crippen LogP contribution in [-0.2, 0) is 9.84 Å². The molecule has 0 bridgehead atoms. The number of aromatic nitrogens is 2. The molecule has 3 rings (SSSR count). The van der Waals surface area contributed by atoms with E-state index in [0.29, 0.717) is 23.9 Å². The van der Waals surface area contributed by atoms with E-state index >= 15 is 0 Å². The minimum atomic E-state index is -2.89. The third kappa shape index (κ3) is 2.71. The first kappa shape index (κ1) is 13.6. The lowest BCUT2D eigenvalue weighted by Gasteiger charge is -2.22. The smallest absolute Gasteiger partial charge is 0.241 e. The van der Waals surface area contributed by atoms with Crippen molar-refractivity contribution in [1.82, 2.24) is 10.2 Å². The summed E-state index contributed by atoms with van der Waals surface area (Å²) in [5, 5.41) is 9.76. The number of rotatable bonds is 2. The third-order valence-electron chi connectivity index (χ3n) is 3.39. The normalized spacial score (nSPS) is 19.1. The monoisotopic (exact) mass is 312 g/mol. The molecule has 0 aliphatic carbocycles. The molecule has 1 aromatic carbocycles. The Kier molecular flexibility index (Phi) is 3.52. The van der Waals surface area contributed by atoms with Crippen LogP contribution in [0.3, 0.4) is 0 Å². The van der Waals surface area contributed by atoms with Crippen LogP contribution in [0.4, 0.5) is 0 Å². The molecule has 2 aromatic rings. The number of fused-ring (bicyclic) bond motifs is 1. The van der Waals surface area contributed by atoms with E-state index in [9.17, 15) is 8.42 Å². The van der Waals surface area contributed by atoms with E-state index in [-0.39, 0.29) is 17.6 Å². The Labute approximate surface area is 121 Å². The van der Waals surface area contributed by atoms with E-state index in [4.69, 9.17) is 16.3 Å². The van der Waals surface area contributed by atoms with Gasteiger partial charge in [0.25, 0.3) is 0 Å². The van der Waals surface area contributed by atoms with Gasteiger partial charge in [0.2, 0.25) is 5.88 Å². The van der Waals surface area contributed by atoms with E-state index in [0.717, 1.165) is 10.8 Å². The maximum Gasteiger partial charge on any atom is 0.241 e. The molecule has 1 aromatic heterocycles. The minimum Gasteiger partial charge on any atom is -0.473 e. The molecule has 106 valence electrons. The lowest BCUT2D eigenvalue weighted by atomic mass is 10.2. The van der Waals surface area contributed by atoms with Crippen LogP contribution in [-0.4, -0.2) is 36.2 Å². The van der Waals surface area contributed by atoms with Crippen molar-refractivity contribution in [2.45, 2.75) is 18.9 Å².